The molecule has 0 aromatic carbocycles. The van der Waals surface area contributed by atoms with Crippen LogP contribution in [0.5, 0.6) is 0 Å². The highest BCUT2D eigenvalue weighted by atomic mass is 16.7. The molecule has 15 heavy (non-hydrogen) atoms. The van der Waals surface area contributed by atoms with Gasteiger partial charge < -0.3 is 14.6 Å². The lowest BCUT2D eigenvalue weighted by Gasteiger charge is -2.09. The number of rotatable bonds is 8. The summed E-state index contributed by atoms with van der Waals surface area (Å²) in [5.74, 6) is 0. The Kier molecular flexibility index (Phi) is 6.98. The third-order valence-electron chi connectivity index (χ3n) is 2.81. The molecule has 90 valence electrons. The van der Waals surface area contributed by atoms with E-state index >= 15 is 0 Å². The number of hydrogen-bond acceptors (Lipinski definition) is 3. The van der Waals surface area contributed by atoms with E-state index in [4.69, 9.17) is 14.6 Å². The molecule has 1 N–H and O–H groups in total. The Morgan fingerprint density at radius 1 is 1.13 bits per heavy atom. The van der Waals surface area contributed by atoms with Crippen LogP contribution in [0.1, 0.15) is 51.9 Å². The number of aliphatic hydroxyl groups excluding tert-OH is 1. The van der Waals surface area contributed by atoms with Gasteiger partial charge in [-0.1, -0.05) is 39.0 Å². The van der Waals surface area contributed by atoms with E-state index in [1.54, 1.807) is 0 Å². The summed E-state index contributed by atoms with van der Waals surface area (Å²) in [4.78, 5) is 0. The maximum atomic E-state index is 8.85. The minimum absolute atomic E-state index is 0.0617. The largest absolute Gasteiger partial charge is 0.394 e. The summed E-state index contributed by atoms with van der Waals surface area (Å²) in [7, 11) is 0. The van der Waals surface area contributed by atoms with Gasteiger partial charge in [0.05, 0.1) is 13.2 Å². The number of aliphatic hydroxyl groups is 1. The average molecular weight is 216 g/mol. The van der Waals surface area contributed by atoms with Gasteiger partial charge in [0.25, 0.3) is 0 Å². The lowest BCUT2D eigenvalue weighted by atomic mass is 10.1. The molecular weight excluding hydrogens is 192 g/mol. The minimum atomic E-state index is -0.0879. The molecule has 1 fully saturated rings. The van der Waals surface area contributed by atoms with Crippen molar-refractivity contribution in [2.75, 3.05) is 13.2 Å². The maximum absolute atomic E-state index is 8.85. The van der Waals surface area contributed by atoms with Crippen LogP contribution in [-0.2, 0) is 9.47 Å². The Balaban J connectivity index is 1.88. The van der Waals surface area contributed by atoms with Gasteiger partial charge in [-0.25, -0.2) is 0 Å². The molecule has 0 radical (unpaired) electrons. The quantitative estimate of drug-likeness (QED) is 0.633. The molecule has 0 aliphatic carbocycles. The summed E-state index contributed by atoms with van der Waals surface area (Å²) >= 11 is 0. The zero-order chi connectivity index (χ0) is 10.9. The molecule has 1 aliphatic rings. The fourth-order valence-corrected chi connectivity index (χ4v) is 1.85. The molecule has 1 aliphatic heterocycles. The normalized spacial score (nSPS) is 26.0. The Bertz CT molecular complexity index is 150. The molecule has 3 heteroatoms. The van der Waals surface area contributed by atoms with Gasteiger partial charge in [0.2, 0.25) is 0 Å². The van der Waals surface area contributed by atoms with Crippen molar-refractivity contribution < 1.29 is 14.6 Å². The van der Waals surface area contributed by atoms with Crippen molar-refractivity contribution in [2.45, 2.75) is 64.3 Å². The fraction of sp³-hybridized carbons (Fsp3) is 1.00. The van der Waals surface area contributed by atoms with Crippen molar-refractivity contribution in [1.29, 1.82) is 0 Å². The van der Waals surface area contributed by atoms with Gasteiger partial charge >= 0.3 is 0 Å². The molecule has 0 spiro atoms. The van der Waals surface area contributed by atoms with Crippen LogP contribution >= 0.6 is 0 Å². The average Bonchev–Trinajstić information content (AvgIpc) is 2.71. The van der Waals surface area contributed by atoms with Crippen LogP contribution in [-0.4, -0.2) is 30.7 Å². The molecule has 1 saturated heterocycles. The predicted molar refractivity (Wildman–Crippen MR) is 59.7 cm³/mol. The van der Waals surface area contributed by atoms with E-state index in [-0.39, 0.29) is 19.0 Å². The van der Waals surface area contributed by atoms with Crippen molar-refractivity contribution in [2.24, 2.45) is 0 Å². The van der Waals surface area contributed by atoms with Gasteiger partial charge in [0.15, 0.2) is 6.29 Å². The first kappa shape index (κ1) is 12.9. The Morgan fingerprint density at radius 2 is 1.87 bits per heavy atom. The molecular formula is C12H24O3. The van der Waals surface area contributed by atoms with E-state index < -0.39 is 0 Å². The van der Waals surface area contributed by atoms with E-state index in [0.717, 1.165) is 6.42 Å². The van der Waals surface area contributed by atoms with Crippen LogP contribution in [0.2, 0.25) is 0 Å². The topological polar surface area (TPSA) is 38.7 Å². The van der Waals surface area contributed by atoms with Crippen LogP contribution in [0.3, 0.4) is 0 Å². The Morgan fingerprint density at radius 3 is 2.53 bits per heavy atom. The molecule has 0 aromatic heterocycles. The molecule has 0 saturated carbocycles. The molecule has 0 aromatic rings. The van der Waals surface area contributed by atoms with Gasteiger partial charge in [-0.05, 0) is 12.8 Å². The highest BCUT2D eigenvalue weighted by Gasteiger charge is 2.24. The van der Waals surface area contributed by atoms with E-state index in [9.17, 15) is 0 Å². The third-order valence-corrected chi connectivity index (χ3v) is 2.81. The number of ether oxygens (including phenoxy) is 2. The van der Waals surface area contributed by atoms with Crippen molar-refractivity contribution in [3.8, 4) is 0 Å². The van der Waals surface area contributed by atoms with Gasteiger partial charge in [-0.15, -0.1) is 0 Å². The highest BCUT2D eigenvalue weighted by molar-refractivity contribution is 4.63. The molecule has 2 unspecified atom stereocenters. The van der Waals surface area contributed by atoms with Crippen LogP contribution in [0.25, 0.3) is 0 Å². The van der Waals surface area contributed by atoms with E-state index in [1.165, 1.54) is 38.5 Å². The van der Waals surface area contributed by atoms with Crippen LogP contribution in [0, 0.1) is 0 Å². The first-order valence-corrected chi connectivity index (χ1v) is 6.24. The maximum Gasteiger partial charge on any atom is 0.158 e. The summed E-state index contributed by atoms with van der Waals surface area (Å²) in [5.41, 5.74) is 0. The Labute approximate surface area is 92.8 Å². The lowest BCUT2D eigenvalue weighted by molar-refractivity contribution is -0.0701. The Hall–Kier alpha value is -0.120. The van der Waals surface area contributed by atoms with Gasteiger partial charge in [0.1, 0.15) is 6.10 Å². The lowest BCUT2D eigenvalue weighted by Crippen LogP contribution is -2.16. The molecule has 0 amide bonds. The van der Waals surface area contributed by atoms with Gasteiger partial charge in [-0.2, -0.15) is 0 Å². The van der Waals surface area contributed by atoms with Crippen LogP contribution in [0.4, 0.5) is 0 Å². The summed E-state index contributed by atoms with van der Waals surface area (Å²) in [6.07, 6.45) is 8.59. The first-order valence-electron chi connectivity index (χ1n) is 6.24. The van der Waals surface area contributed by atoms with Crippen molar-refractivity contribution >= 4 is 0 Å². The SMILES string of the molecule is CCCCCCCCC1OCC(CO)O1. The van der Waals surface area contributed by atoms with Crippen LogP contribution in [0.15, 0.2) is 0 Å². The van der Waals surface area contributed by atoms with Gasteiger partial charge in [0, 0.05) is 0 Å². The van der Waals surface area contributed by atoms with Crippen molar-refractivity contribution in [3.05, 3.63) is 0 Å². The number of hydrogen-bond donors (Lipinski definition) is 1. The second-order valence-corrected chi connectivity index (χ2v) is 4.26. The summed E-state index contributed by atoms with van der Waals surface area (Å²) in [6.45, 7) is 2.86. The molecule has 2 atom stereocenters. The van der Waals surface area contributed by atoms with E-state index in [2.05, 4.69) is 6.92 Å². The molecule has 1 rings (SSSR count). The molecule has 3 nitrogen and oxygen atoms in total. The predicted octanol–water partition coefficient (Wildman–Crippen LogP) is 2.47. The summed E-state index contributed by atoms with van der Waals surface area (Å²) in [5, 5.41) is 8.85. The summed E-state index contributed by atoms with van der Waals surface area (Å²) < 4.78 is 10.9. The first-order chi connectivity index (χ1) is 7.36. The molecule has 1 heterocycles. The van der Waals surface area contributed by atoms with E-state index in [1.807, 2.05) is 0 Å². The van der Waals surface area contributed by atoms with Crippen molar-refractivity contribution in [3.63, 3.8) is 0 Å². The second kappa shape index (κ2) is 8.08. The minimum Gasteiger partial charge on any atom is -0.394 e. The van der Waals surface area contributed by atoms with Crippen molar-refractivity contribution in [1.82, 2.24) is 0 Å². The fourth-order valence-electron chi connectivity index (χ4n) is 1.85. The second-order valence-electron chi connectivity index (χ2n) is 4.26. The summed E-state index contributed by atoms with van der Waals surface area (Å²) in [6, 6.07) is 0. The van der Waals surface area contributed by atoms with E-state index in [0.29, 0.717) is 6.61 Å². The number of unbranched alkanes of at least 4 members (excludes halogenated alkanes) is 5. The van der Waals surface area contributed by atoms with Gasteiger partial charge in [-0.3, -0.25) is 0 Å². The smallest absolute Gasteiger partial charge is 0.158 e. The highest BCUT2D eigenvalue weighted by Crippen LogP contribution is 2.17. The zero-order valence-corrected chi connectivity index (χ0v) is 9.78. The standard InChI is InChI=1S/C12H24O3/c1-2-3-4-5-6-7-8-12-14-10-11(9-13)15-12/h11-13H,2-10H2,1H3. The third kappa shape index (κ3) is 5.50. The zero-order valence-electron chi connectivity index (χ0n) is 9.78. The monoisotopic (exact) mass is 216 g/mol. The molecule has 0 bridgehead atoms. The van der Waals surface area contributed by atoms with Crippen LogP contribution < -0.4 is 0 Å².